The Morgan fingerprint density at radius 1 is 0.939 bits per heavy atom. The molecule has 0 atom stereocenters. The summed E-state index contributed by atoms with van der Waals surface area (Å²) in [5.41, 5.74) is 3.12. The van der Waals surface area contributed by atoms with E-state index in [1.807, 2.05) is 26.0 Å². The number of carbonyl (C=O) groups excluding carboxylic acids is 3. The zero-order chi connectivity index (χ0) is 23.7. The van der Waals surface area contributed by atoms with Gasteiger partial charge in [-0.25, -0.2) is 4.90 Å². The van der Waals surface area contributed by atoms with Crippen molar-refractivity contribution in [1.82, 2.24) is 0 Å². The second-order valence-electron chi connectivity index (χ2n) is 7.60. The van der Waals surface area contributed by atoms with Gasteiger partial charge in [-0.2, -0.15) is 0 Å². The van der Waals surface area contributed by atoms with Gasteiger partial charge in [-0.1, -0.05) is 47.5 Å². The fourth-order valence-corrected chi connectivity index (χ4v) is 3.76. The molecule has 3 amide bonds. The number of phenols is 1. The normalized spacial score (nSPS) is 13.5. The molecule has 0 saturated heterocycles. The van der Waals surface area contributed by atoms with Crippen LogP contribution in [0.3, 0.4) is 0 Å². The minimum Gasteiger partial charge on any atom is -0.506 e. The quantitative estimate of drug-likeness (QED) is 0.378. The van der Waals surface area contributed by atoms with Crippen molar-refractivity contribution in [2.75, 3.05) is 15.5 Å². The molecule has 0 aromatic heterocycles. The molecular weight excluding hydrogens is 442 g/mol. The first kappa shape index (κ1) is 22.1. The van der Waals surface area contributed by atoms with Crippen LogP contribution in [-0.4, -0.2) is 22.8 Å². The highest BCUT2D eigenvalue weighted by molar-refractivity contribution is 6.53. The lowest BCUT2D eigenvalue weighted by Crippen LogP contribution is -2.32. The van der Waals surface area contributed by atoms with Crippen molar-refractivity contribution >= 4 is 46.4 Å². The summed E-state index contributed by atoms with van der Waals surface area (Å²) in [7, 11) is 0. The van der Waals surface area contributed by atoms with Gasteiger partial charge in [-0.15, -0.1) is 0 Å². The SMILES string of the molecule is Cc1ccc(N2C(=O)C(Cl)=C(Nc3cccc(C(=O)Nc4ccccc4O)c3)C2=O)c(C)c1. The van der Waals surface area contributed by atoms with Crippen molar-refractivity contribution in [3.8, 4) is 5.75 Å². The Kier molecular flexibility index (Phi) is 5.89. The summed E-state index contributed by atoms with van der Waals surface area (Å²) in [6, 6.07) is 18.1. The number of rotatable bonds is 5. The van der Waals surface area contributed by atoms with E-state index in [-0.39, 0.29) is 27.7 Å². The Balaban J connectivity index is 1.56. The molecular formula is C25H20ClN3O4. The highest BCUT2D eigenvalue weighted by atomic mass is 35.5. The summed E-state index contributed by atoms with van der Waals surface area (Å²) in [6.45, 7) is 3.74. The van der Waals surface area contributed by atoms with Gasteiger partial charge in [-0.05, 0) is 55.8 Å². The third-order valence-corrected chi connectivity index (χ3v) is 5.52. The van der Waals surface area contributed by atoms with E-state index in [1.54, 1.807) is 42.5 Å². The van der Waals surface area contributed by atoms with Crippen LogP contribution in [0.5, 0.6) is 5.75 Å². The smallest absolute Gasteiger partial charge is 0.283 e. The standard InChI is InChI=1S/C25H20ClN3O4/c1-14-10-11-19(15(2)12-14)29-24(32)21(26)22(25(29)33)27-17-7-5-6-16(13-17)23(31)28-18-8-3-4-9-20(18)30/h3-13,27,30H,1-2H3,(H,28,31). The molecule has 1 aliphatic rings. The summed E-state index contributed by atoms with van der Waals surface area (Å²) in [6.07, 6.45) is 0. The number of hydrogen-bond acceptors (Lipinski definition) is 5. The largest absolute Gasteiger partial charge is 0.506 e. The molecule has 1 aliphatic heterocycles. The van der Waals surface area contributed by atoms with Gasteiger partial charge in [0.25, 0.3) is 17.7 Å². The molecule has 4 rings (SSSR count). The first-order valence-electron chi connectivity index (χ1n) is 10.1. The Bertz CT molecular complexity index is 1330. The molecule has 0 bridgehead atoms. The number of benzene rings is 3. The molecule has 0 fully saturated rings. The van der Waals surface area contributed by atoms with E-state index in [0.29, 0.717) is 11.4 Å². The molecule has 3 N–H and O–H groups in total. The third-order valence-electron chi connectivity index (χ3n) is 5.17. The fraction of sp³-hybridized carbons (Fsp3) is 0.0800. The van der Waals surface area contributed by atoms with Gasteiger partial charge in [0, 0.05) is 11.3 Å². The van der Waals surface area contributed by atoms with Crippen LogP contribution in [0.2, 0.25) is 0 Å². The molecule has 0 radical (unpaired) electrons. The van der Waals surface area contributed by atoms with Gasteiger partial charge >= 0.3 is 0 Å². The Morgan fingerprint density at radius 3 is 2.42 bits per heavy atom. The van der Waals surface area contributed by atoms with Gasteiger partial charge < -0.3 is 15.7 Å². The molecule has 33 heavy (non-hydrogen) atoms. The predicted octanol–water partition coefficient (Wildman–Crippen LogP) is 4.70. The molecule has 0 unspecified atom stereocenters. The van der Waals surface area contributed by atoms with Gasteiger partial charge in [0.15, 0.2) is 0 Å². The number of para-hydroxylation sites is 2. The minimum atomic E-state index is -0.621. The van der Waals surface area contributed by atoms with E-state index in [2.05, 4.69) is 10.6 Å². The zero-order valence-corrected chi connectivity index (χ0v) is 18.6. The van der Waals surface area contributed by atoms with Gasteiger partial charge in [0.2, 0.25) is 0 Å². The zero-order valence-electron chi connectivity index (χ0n) is 17.8. The summed E-state index contributed by atoms with van der Waals surface area (Å²) in [4.78, 5) is 39.5. The molecule has 7 nitrogen and oxygen atoms in total. The number of nitrogens with zero attached hydrogens (tertiary/aromatic N) is 1. The maximum Gasteiger partial charge on any atom is 0.283 e. The fourth-order valence-electron chi connectivity index (χ4n) is 3.54. The molecule has 166 valence electrons. The predicted molar refractivity (Wildman–Crippen MR) is 127 cm³/mol. The summed E-state index contributed by atoms with van der Waals surface area (Å²) >= 11 is 6.23. The monoisotopic (exact) mass is 461 g/mol. The van der Waals surface area contributed by atoms with Crippen LogP contribution in [0.4, 0.5) is 17.1 Å². The number of hydrogen-bond donors (Lipinski definition) is 3. The Morgan fingerprint density at radius 2 is 1.70 bits per heavy atom. The van der Waals surface area contributed by atoms with Crippen molar-refractivity contribution < 1.29 is 19.5 Å². The van der Waals surface area contributed by atoms with E-state index in [9.17, 15) is 19.5 Å². The maximum absolute atomic E-state index is 13.1. The number of halogens is 1. The summed E-state index contributed by atoms with van der Waals surface area (Å²) in [5.74, 6) is -1.71. The molecule has 3 aromatic carbocycles. The van der Waals surface area contributed by atoms with Crippen LogP contribution in [0.25, 0.3) is 0 Å². The van der Waals surface area contributed by atoms with E-state index < -0.39 is 17.7 Å². The number of carbonyl (C=O) groups is 3. The topological polar surface area (TPSA) is 98.7 Å². The minimum absolute atomic E-state index is 0.0568. The van der Waals surface area contributed by atoms with Crippen LogP contribution in [0, 0.1) is 13.8 Å². The lowest BCUT2D eigenvalue weighted by molar-refractivity contribution is -0.120. The second-order valence-corrected chi connectivity index (χ2v) is 7.98. The van der Waals surface area contributed by atoms with E-state index in [0.717, 1.165) is 16.0 Å². The Labute approximate surface area is 195 Å². The number of imide groups is 1. The van der Waals surface area contributed by atoms with Crippen molar-refractivity contribution in [2.24, 2.45) is 0 Å². The average molecular weight is 462 g/mol. The van der Waals surface area contributed by atoms with Crippen LogP contribution in [0.15, 0.2) is 77.5 Å². The van der Waals surface area contributed by atoms with E-state index in [4.69, 9.17) is 11.6 Å². The van der Waals surface area contributed by atoms with Crippen molar-refractivity contribution in [3.63, 3.8) is 0 Å². The third kappa shape index (κ3) is 4.31. The number of amides is 3. The molecule has 0 saturated carbocycles. The molecule has 0 aliphatic carbocycles. The summed E-state index contributed by atoms with van der Waals surface area (Å²) < 4.78 is 0. The van der Waals surface area contributed by atoms with Gasteiger partial charge in [0.1, 0.15) is 16.5 Å². The first-order chi connectivity index (χ1) is 15.8. The number of aromatic hydroxyl groups is 1. The number of phenolic OH excluding ortho intramolecular Hbond substituents is 1. The average Bonchev–Trinajstić information content (AvgIpc) is 2.99. The lowest BCUT2D eigenvalue weighted by atomic mass is 10.1. The Hall–Kier alpha value is -4.10. The molecule has 1 heterocycles. The number of anilines is 3. The van der Waals surface area contributed by atoms with Crippen molar-refractivity contribution in [1.29, 1.82) is 0 Å². The second kappa shape index (κ2) is 8.80. The van der Waals surface area contributed by atoms with E-state index >= 15 is 0 Å². The molecule has 3 aromatic rings. The molecule has 8 heteroatoms. The van der Waals surface area contributed by atoms with Crippen LogP contribution in [0.1, 0.15) is 21.5 Å². The van der Waals surface area contributed by atoms with Crippen LogP contribution < -0.4 is 15.5 Å². The summed E-state index contributed by atoms with van der Waals surface area (Å²) in [5, 5.41) is 15.1. The van der Waals surface area contributed by atoms with Crippen LogP contribution in [-0.2, 0) is 9.59 Å². The highest BCUT2D eigenvalue weighted by Crippen LogP contribution is 2.32. The van der Waals surface area contributed by atoms with Crippen molar-refractivity contribution in [3.05, 3.63) is 94.1 Å². The van der Waals surface area contributed by atoms with Crippen molar-refractivity contribution in [2.45, 2.75) is 13.8 Å². The van der Waals surface area contributed by atoms with E-state index in [1.165, 1.54) is 12.1 Å². The van der Waals surface area contributed by atoms with Gasteiger partial charge in [-0.3, -0.25) is 14.4 Å². The van der Waals surface area contributed by atoms with Crippen LogP contribution >= 0.6 is 11.6 Å². The molecule has 0 spiro atoms. The maximum atomic E-state index is 13.1. The first-order valence-corrected chi connectivity index (χ1v) is 10.5. The number of nitrogens with one attached hydrogen (secondary N) is 2. The highest BCUT2D eigenvalue weighted by Gasteiger charge is 2.39. The lowest BCUT2D eigenvalue weighted by Gasteiger charge is -2.18. The van der Waals surface area contributed by atoms with Gasteiger partial charge in [0.05, 0.1) is 11.4 Å². The number of aryl methyl sites for hydroxylation is 2.